The van der Waals surface area contributed by atoms with Gasteiger partial charge in [-0.05, 0) is 35.0 Å². The molecule has 1 heterocycles. The number of ketones is 1. The number of fused-ring (bicyclic) bond motifs is 1. The van der Waals surface area contributed by atoms with Crippen LogP contribution in [0.3, 0.4) is 0 Å². The average Bonchev–Trinajstić information content (AvgIpc) is 2.16. The van der Waals surface area contributed by atoms with Crippen LogP contribution in [-0.2, 0) is 0 Å². The third-order valence-corrected chi connectivity index (χ3v) is 2.49. The highest BCUT2D eigenvalue weighted by Gasteiger charge is 2.01. The molecule has 70 valence electrons. The second-order valence-electron chi connectivity index (χ2n) is 3.12. The fourth-order valence-corrected chi connectivity index (χ4v) is 1.66. The molecule has 2 rings (SSSR count). The van der Waals surface area contributed by atoms with Crippen LogP contribution in [0.1, 0.15) is 17.3 Å². The largest absolute Gasteiger partial charge is 0.295 e. The smallest absolute Gasteiger partial charge is 0.159 e. The SMILES string of the molecule is CC(=O)c1ccc2cc(Br)cnc2c1. The highest BCUT2D eigenvalue weighted by molar-refractivity contribution is 9.10. The zero-order chi connectivity index (χ0) is 10.1. The number of benzene rings is 1. The van der Waals surface area contributed by atoms with Crippen molar-refractivity contribution in [2.75, 3.05) is 0 Å². The van der Waals surface area contributed by atoms with Crippen molar-refractivity contribution in [2.45, 2.75) is 6.92 Å². The minimum absolute atomic E-state index is 0.0663. The summed E-state index contributed by atoms with van der Waals surface area (Å²) < 4.78 is 0.945. The quantitative estimate of drug-likeness (QED) is 0.727. The van der Waals surface area contributed by atoms with E-state index in [0.29, 0.717) is 5.56 Å². The van der Waals surface area contributed by atoms with Crippen LogP contribution < -0.4 is 0 Å². The summed E-state index contributed by atoms with van der Waals surface area (Å²) in [6.07, 6.45) is 1.73. The van der Waals surface area contributed by atoms with Crippen molar-refractivity contribution in [3.63, 3.8) is 0 Å². The van der Waals surface area contributed by atoms with E-state index in [1.54, 1.807) is 13.1 Å². The summed E-state index contributed by atoms with van der Waals surface area (Å²) in [6.45, 7) is 1.56. The van der Waals surface area contributed by atoms with Gasteiger partial charge in [-0.15, -0.1) is 0 Å². The molecule has 1 aromatic heterocycles. The number of nitrogens with zero attached hydrogens (tertiary/aromatic N) is 1. The lowest BCUT2D eigenvalue weighted by atomic mass is 10.1. The first-order valence-electron chi connectivity index (χ1n) is 4.23. The molecule has 0 spiro atoms. The lowest BCUT2D eigenvalue weighted by Crippen LogP contribution is -1.91. The summed E-state index contributed by atoms with van der Waals surface area (Å²) in [7, 11) is 0. The molecule has 2 nitrogen and oxygen atoms in total. The minimum Gasteiger partial charge on any atom is -0.295 e. The Hall–Kier alpha value is -1.22. The third kappa shape index (κ3) is 1.68. The van der Waals surface area contributed by atoms with Crippen LogP contribution in [0.5, 0.6) is 0 Å². The van der Waals surface area contributed by atoms with Gasteiger partial charge in [0.15, 0.2) is 5.78 Å². The summed E-state index contributed by atoms with van der Waals surface area (Å²) in [6, 6.07) is 7.51. The van der Waals surface area contributed by atoms with Crippen molar-refractivity contribution in [1.82, 2.24) is 4.98 Å². The van der Waals surface area contributed by atoms with Crippen LogP contribution in [0.4, 0.5) is 0 Å². The molecule has 0 radical (unpaired) electrons. The Morgan fingerprint density at radius 1 is 1.36 bits per heavy atom. The van der Waals surface area contributed by atoms with E-state index in [1.807, 2.05) is 24.3 Å². The minimum atomic E-state index is 0.0663. The second-order valence-corrected chi connectivity index (χ2v) is 4.03. The molecule has 0 aliphatic rings. The molecule has 2 aromatic rings. The van der Waals surface area contributed by atoms with Gasteiger partial charge in [0.1, 0.15) is 0 Å². The predicted octanol–water partition coefficient (Wildman–Crippen LogP) is 3.20. The molecule has 0 saturated heterocycles. The molecule has 0 bridgehead atoms. The molecule has 3 heteroatoms. The fourth-order valence-electron chi connectivity index (χ4n) is 1.31. The van der Waals surface area contributed by atoms with Gasteiger partial charge < -0.3 is 0 Å². The van der Waals surface area contributed by atoms with E-state index < -0.39 is 0 Å². The van der Waals surface area contributed by atoms with Crippen molar-refractivity contribution >= 4 is 32.6 Å². The summed E-state index contributed by atoms with van der Waals surface area (Å²) >= 11 is 3.35. The highest BCUT2D eigenvalue weighted by Crippen LogP contribution is 2.18. The van der Waals surface area contributed by atoms with Gasteiger partial charge in [-0.3, -0.25) is 9.78 Å². The number of carbonyl (C=O) groups is 1. The Morgan fingerprint density at radius 2 is 2.14 bits per heavy atom. The molecule has 0 amide bonds. The van der Waals surface area contributed by atoms with Crippen molar-refractivity contribution in [3.05, 3.63) is 40.5 Å². The predicted molar refractivity (Wildman–Crippen MR) is 59.4 cm³/mol. The first kappa shape index (κ1) is 9.34. The molecule has 0 saturated carbocycles. The number of carbonyl (C=O) groups excluding carboxylic acids is 1. The van der Waals surface area contributed by atoms with Crippen LogP contribution >= 0.6 is 15.9 Å². The van der Waals surface area contributed by atoms with E-state index in [-0.39, 0.29) is 5.78 Å². The van der Waals surface area contributed by atoms with Gasteiger partial charge >= 0.3 is 0 Å². The lowest BCUT2D eigenvalue weighted by Gasteiger charge is -1.99. The lowest BCUT2D eigenvalue weighted by molar-refractivity contribution is 0.101. The number of hydrogen-bond donors (Lipinski definition) is 0. The van der Waals surface area contributed by atoms with Crippen LogP contribution in [0.2, 0.25) is 0 Å². The standard InChI is InChI=1S/C11H8BrNO/c1-7(14)8-2-3-9-4-10(12)6-13-11(9)5-8/h2-6H,1H3. The molecule has 0 aliphatic carbocycles. The normalized spacial score (nSPS) is 10.4. The monoisotopic (exact) mass is 249 g/mol. The Bertz CT molecular complexity index is 508. The molecule has 14 heavy (non-hydrogen) atoms. The summed E-state index contributed by atoms with van der Waals surface area (Å²) in [5.74, 6) is 0.0663. The van der Waals surface area contributed by atoms with E-state index >= 15 is 0 Å². The van der Waals surface area contributed by atoms with Gasteiger partial charge in [0.25, 0.3) is 0 Å². The Morgan fingerprint density at radius 3 is 2.86 bits per heavy atom. The van der Waals surface area contributed by atoms with E-state index in [0.717, 1.165) is 15.4 Å². The number of halogens is 1. The molecule has 0 N–H and O–H groups in total. The summed E-state index contributed by atoms with van der Waals surface area (Å²) in [5, 5.41) is 1.03. The van der Waals surface area contributed by atoms with E-state index in [1.165, 1.54) is 0 Å². The van der Waals surface area contributed by atoms with Crippen molar-refractivity contribution in [3.8, 4) is 0 Å². The maximum Gasteiger partial charge on any atom is 0.159 e. The fraction of sp³-hybridized carbons (Fsp3) is 0.0909. The van der Waals surface area contributed by atoms with Crippen LogP contribution in [-0.4, -0.2) is 10.8 Å². The first-order chi connectivity index (χ1) is 6.66. The average molecular weight is 250 g/mol. The molecular weight excluding hydrogens is 242 g/mol. The van der Waals surface area contributed by atoms with Crippen molar-refractivity contribution in [1.29, 1.82) is 0 Å². The van der Waals surface area contributed by atoms with Gasteiger partial charge in [-0.1, -0.05) is 12.1 Å². The number of rotatable bonds is 1. The molecule has 1 aromatic carbocycles. The molecule has 0 fully saturated rings. The van der Waals surface area contributed by atoms with Gasteiger partial charge in [-0.25, -0.2) is 0 Å². The van der Waals surface area contributed by atoms with Crippen LogP contribution in [0, 0.1) is 0 Å². The third-order valence-electron chi connectivity index (χ3n) is 2.06. The topological polar surface area (TPSA) is 30.0 Å². The molecular formula is C11H8BrNO. The number of hydrogen-bond acceptors (Lipinski definition) is 2. The first-order valence-corrected chi connectivity index (χ1v) is 5.02. The van der Waals surface area contributed by atoms with E-state index in [2.05, 4.69) is 20.9 Å². The zero-order valence-electron chi connectivity index (χ0n) is 7.62. The second kappa shape index (κ2) is 3.50. The van der Waals surface area contributed by atoms with Crippen molar-refractivity contribution < 1.29 is 4.79 Å². The Labute approximate surface area is 90.1 Å². The summed E-state index contributed by atoms with van der Waals surface area (Å²) in [4.78, 5) is 15.3. The molecule has 0 unspecified atom stereocenters. The van der Waals surface area contributed by atoms with E-state index in [4.69, 9.17) is 0 Å². The Balaban J connectivity index is 2.67. The molecule has 0 aliphatic heterocycles. The maximum atomic E-state index is 11.1. The van der Waals surface area contributed by atoms with E-state index in [9.17, 15) is 4.79 Å². The van der Waals surface area contributed by atoms with Crippen LogP contribution in [0.15, 0.2) is 34.9 Å². The summed E-state index contributed by atoms with van der Waals surface area (Å²) in [5.41, 5.74) is 1.55. The number of aromatic nitrogens is 1. The Kier molecular flexibility index (Phi) is 2.33. The number of pyridine rings is 1. The molecule has 0 atom stereocenters. The van der Waals surface area contributed by atoms with Gasteiger partial charge in [0.05, 0.1) is 5.52 Å². The van der Waals surface area contributed by atoms with Gasteiger partial charge in [0, 0.05) is 21.6 Å². The number of Topliss-reactive ketones (excluding diaryl/α,β-unsaturated/α-hetero) is 1. The van der Waals surface area contributed by atoms with Crippen LogP contribution in [0.25, 0.3) is 10.9 Å². The zero-order valence-corrected chi connectivity index (χ0v) is 9.21. The maximum absolute atomic E-state index is 11.1. The van der Waals surface area contributed by atoms with Gasteiger partial charge in [-0.2, -0.15) is 0 Å². The highest BCUT2D eigenvalue weighted by atomic mass is 79.9. The van der Waals surface area contributed by atoms with Crippen molar-refractivity contribution in [2.24, 2.45) is 0 Å². The van der Waals surface area contributed by atoms with Gasteiger partial charge in [0.2, 0.25) is 0 Å².